The molecule has 0 radical (unpaired) electrons. The summed E-state index contributed by atoms with van der Waals surface area (Å²) in [6.45, 7) is 9.03. The topological polar surface area (TPSA) is 59.8 Å². The van der Waals surface area contributed by atoms with E-state index in [9.17, 15) is 4.79 Å². The van der Waals surface area contributed by atoms with E-state index in [1.54, 1.807) is 6.33 Å². The molecule has 0 fully saturated rings. The number of aryl methyl sites for hydroxylation is 1. The summed E-state index contributed by atoms with van der Waals surface area (Å²) in [4.78, 5) is 11.7. The fraction of sp³-hybridized carbons (Fsp3) is 0.727. The number of hydrogen-bond acceptors (Lipinski definition) is 4. The molecule has 96 valence electrons. The zero-order valence-electron chi connectivity index (χ0n) is 10.8. The molecule has 0 aliphatic heterocycles. The van der Waals surface area contributed by atoms with Crippen LogP contribution in [-0.4, -0.2) is 32.5 Å². The third-order valence-electron chi connectivity index (χ3n) is 2.64. The summed E-state index contributed by atoms with van der Waals surface area (Å²) in [6.07, 6.45) is 1.68. The third-order valence-corrected chi connectivity index (χ3v) is 3.62. The Kier molecular flexibility index (Phi) is 5.47. The van der Waals surface area contributed by atoms with Crippen LogP contribution in [0, 0.1) is 5.92 Å². The Morgan fingerprint density at radius 2 is 2.24 bits per heavy atom. The average molecular weight is 256 g/mol. The van der Waals surface area contributed by atoms with E-state index < -0.39 is 0 Å². The average Bonchev–Trinajstić information content (AvgIpc) is 2.73. The second-order valence-electron chi connectivity index (χ2n) is 4.29. The largest absolute Gasteiger partial charge is 0.353 e. The van der Waals surface area contributed by atoms with E-state index in [1.165, 1.54) is 11.8 Å². The number of rotatable bonds is 6. The Bertz CT molecular complexity index is 364. The maximum atomic E-state index is 11.7. The molecule has 1 amide bonds. The molecular formula is C11H20N4OS. The Hall–Kier alpha value is -1.04. The SMILES string of the molecule is CCn1cnnc1SCC(=O)N[C@H](C)C(C)C. The van der Waals surface area contributed by atoms with Gasteiger partial charge in [-0.2, -0.15) is 0 Å². The highest BCUT2D eigenvalue weighted by molar-refractivity contribution is 7.99. The lowest BCUT2D eigenvalue weighted by molar-refractivity contribution is -0.119. The van der Waals surface area contributed by atoms with Crippen molar-refractivity contribution < 1.29 is 4.79 Å². The van der Waals surface area contributed by atoms with E-state index >= 15 is 0 Å². The number of thioether (sulfide) groups is 1. The number of aromatic nitrogens is 3. The Morgan fingerprint density at radius 3 is 2.82 bits per heavy atom. The van der Waals surface area contributed by atoms with Gasteiger partial charge in [-0.05, 0) is 19.8 Å². The molecule has 1 rings (SSSR count). The standard InChI is InChI=1S/C11H20N4OS/c1-5-15-7-12-14-11(15)17-6-10(16)13-9(4)8(2)3/h7-9H,5-6H2,1-4H3,(H,13,16)/t9-/m1/s1. The summed E-state index contributed by atoms with van der Waals surface area (Å²) >= 11 is 1.42. The van der Waals surface area contributed by atoms with E-state index in [-0.39, 0.29) is 11.9 Å². The minimum atomic E-state index is 0.0434. The summed E-state index contributed by atoms with van der Waals surface area (Å²) < 4.78 is 1.92. The molecule has 0 unspecified atom stereocenters. The second-order valence-corrected chi connectivity index (χ2v) is 5.23. The van der Waals surface area contributed by atoms with Crippen LogP contribution in [0.2, 0.25) is 0 Å². The van der Waals surface area contributed by atoms with Gasteiger partial charge in [0.2, 0.25) is 5.91 Å². The quantitative estimate of drug-likeness (QED) is 0.785. The van der Waals surface area contributed by atoms with Crippen LogP contribution in [0.4, 0.5) is 0 Å². The van der Waals surface area contributed by atoms with Crippen LogP contribution in [0.15, 0.2) is 11.5 Å². The maximum absolute atomic E-state index is 11.7. The van der Waals surface area contributed by atoms with Crippen LogP contribution in [0.25, 0.3) is 0 Å². The van der Waals surface area contributed by atoms with Gasteiger partial charge in [-0.25, -0.2) is 0 Å². The highest BCUT2D eigenvalue weighted by Crippen LogP contribution is 2.14. The van der Waals surface area contributed by atoms with Gasteiger partial charge < -0.3 is 9.88 Å². The molecule has 1 heterocycles. The number of hydrogen-bond donors (Lipinski definition) is 1. The van der Waals surface area contributed by atoms with Gasteiger partial charge in [0, 0.05) is 12.6 Å². The molecule has 0 saturated heterocycles. The number of carbonyl (C=O) groups excluding carboxylic acids is 1. The van der Waals surface area contributed by atoms with Crippen LogP contribution < -0.4 is 5.32 Å². The summed E-state index contributed by atoms with van der Waals surface area (Å²) in [5.41, 5.74) is 0. The molecule has 0 aromatic carbocycles. The molecule has 1 aromatic rings. The minimum absolute atomic E-state index is 0.0434. The zero-order valence-corrected chi connectivity index (χ0v) is 11.6. The minimum Gasteiger partial charge on any atom is -0.353 e. The van der Waals surface area contributed by atoms with Gasteiger partial charge in [-0.15, -0.1) is 10.2 Å². The van der Waals surface area contributed by atoms with Gasteiger partial charge in [-0.1, -0.05) is 25.6 Å². The van der Waals surface area contributed by atoms with Crippen molar-refractivity contribution in [3.05, 3.63) is 6.33 Å². The molecule has 5 nitrogen and oxygen atoms in total. The molecule has 0 aliphatic rings. The molecule has 0 saturated carbocycles. The first kappa shape index (κ1) is 14.0. The Labute approximate surface area is 106 Å². The van der Waals surface area contributed by atoms with Gasteiger partial charge in [-0.3, -0.25) is 4.79 Å². The molecule has 0 spiro atoms. The van der Waals surface area contributed by atoms with E-state index in [0.29, 0.717) is 11.7 Å². The van der Waals surface area contributed by atoms with Crippen molar-refractivity contribution in [3.63, 3.8) is 0 Å². The lowest BCUT2D eigenvalue weighted by Gasteiger charge is -2.17. The number of nitrogens with one attached hydrogen (secondary N) is 1. The summed E-state index contributed by atoms with van der Waals surface area (Å²) in [5, 5.41) is 11.5. The normalized spacial score (nSPS) is 12.8. The van der Waals surface area contributed by atoms with Crippen molar-refractivity contribution in [2.45, 2.75) is 45.4 Å². The molecular weight excluding hydrogens is 236 g/mol. The predicted molar refractivity (Wildman–Crippen MR) is 68.9 cm³/mol. The zero-order chi connectivity index (χ0) is 12.8. The molecule has 1 N–H and O–H groups in total. The van der Waals surface area contributed by atoms with Gasteiger partial charge >= 0.3 is 0 Å². The molecule has 6 heteroatoms. The first-order valence-corrected chi connectivity index (χ1v) is 6.83. The van der Waals surface area contributed by atoms with Gasteiger partial charge in [0.1, 0.15) is 6.33 Å². The fourth-order valence-electron chi connectivity index (χ4n) is 1.17. The predicted octanol–water partition coefficient (Wildman–Crippen LogP) is 1.55. The summed E-state index contributed by atoms with van der Waals surface area (Å²) in [5.74, 6) is 0.876. The van der Waals surface area contributed by atoms with Gasteiger partial charge in [0.05, 0.1) is 5.75 Å². The smallest absolute Gasteiger partial charge is 0.230 e. The maximum Gasteiger partial charge on any atom is 0.230 e. The molecule has 0 bridgehead atoms. The first-order valence-electron chi connectivity index (χ1n) is 5.84. The molecule has 1 aromatic heterocycles. The van der Waals surface area contributed by atoms with E-state index in [2.05, 4.69) is 29.4 Å². The second kappa shape index (κ2) is 6.64. The van der Waals surface area contributed by atoms with Crippen molar-refractivity contribution in [2.24, 2.45) is 5.92 Å². The number of amides is 1. The van der Waals surface area contributed by atoms with Crippen LogP contribution in [0.3, 0.4) is 0 Å². The molecule has 17 heavy (non-hydrogen) atoms. The van der Waals surface area contributed by atoms with E-state index in [0.717, 1.165) is 11.7 Å². The van der Waals surface area contributed by atoms with E-state index in [4.69, 9.17) is 0 Å². The highest BCUT2D eigenvalue weighted by Gasteiger charge is 2.12. The van der Waals surface area contributed by atoms with Crippen molar-refractivity contribution >= 4 is 17.7 Å². The summed E-state index contributed by atoms with van der Waals surface area (Å²) in [7, 11) is 0. The van der Waals surface area contributed by atoms with Crippen LogP contribution in [0.5, 0.6) is 0 Å². The van der Waals surface area contributed by atoms with Crippen molar-refractivity contribution in [1.29, 1.82) is 0 Å². The highest BCUT2D eigenvalue weighted by atomic mass is 32.2. The van der Waals surface area contributed by atoms with Crippen LogP contribution in [-0.2, 0) is 11.3 Å². The number of nitrogens with zero attached hydrogens (tertiary/aromatic N) is 3. The van der Waals surface area contributed by atoms with Gasteiger partial charge in [0.25, 0.3) is 0 Å². The van der Waals surface area contributed by atoms with Gasteiger partial charge in [0.15, 0.2) is 5.16 Å². The van der Waals surface area contributed by atoms with Crippen molar-refractivity contribution in [2.75, 3.05) is 5.75 Å². The Balaban J connectivity index is 2.38. The lowest BCUT2D eigenvalue weighted by Crippen LogP contribution is -2.37. The van der Waals surface area contributed by atoms with Crippen LogP contribution in [0.1, 0.15) is 27.7 Å². The fourth-order valence-corrected chi connectivity index (χ4v) is 1.96. The first-order chi connectivity index (χ1) is 8.04. The Morgan fingerprint density at radius 1 is 1.53 bits per heavy atom. The monoisotopic (exact) mass is 256 g/mol. The molecule has 1 atom stereocenters. The third kappa shape index (κ3) is 4.38. The summed E-state index contributed by atoms with van der Waals surface area (Å²) in [6, 6.07) is 0.201. The van der Waals surface area contributed by atoms with E-state index in [1.807, 2.05) is 18.4 Å². The lowest BCUT2D eigenvalue weighted by atomic mass is 10.1. The van der Waals surface area contributed by atoms with Crippen molar-refractivity contribution in [1.82, 2.24) is 20.1 Å². The van der Waals surface area contributed by atoms with Crippen LogP contribution >= 0.6 is 11.8 Å². The number of carbonyl (C=O) groups is 1. The molecule has 0 aliphatic carbocycles. The van der Waals surface area contributed by atoms with Crippen molar-refractivity contribution in [3.8, 4) is 0 Å².